The first kappa shape index (κ1) is 23.2. The van der Waals surface area contributed by atoms with E-state index in [9.17, 15) is 4.79 Å². The molecule has 0 N–H and O–H groups in total. The van der Waals surface area contributed by atoms with Gasteiger partial charge in [0.1, 0.15) is 0 Å². The molecule has 0 saturated carbocycles. The van der Waals surface area contributed by atoms with E-state index in [0.717, 1.165) is 25.5 Å². The van der Waals surface area contributed by atoms with Crippen molar-refractivity contribution in [3.8, 4) is 0 Å². The van der Waals surface area contributed by atoms with E-state index in [1.165, 1.54) is 70.6 Å². The highest BCUT2D eigenvalue weighted by molar-refractivity contribution is 5.69. The van der Waals surface area contributed by atoms with Gasteiger partial charge in [0.05, 0.1) is 6.61 Å². The van der Waals surface area contributed by atoms with Gasteiger partial charge in [-0.2, -0.15) is 0 Å². The van der Waals surface area contributed by atoms with E-state index in [-0.39, 0.29) is 6.79 Å². The van der Waals surface area contributed by atoms with Crippen LogP contribution in [0.25, 0.3) is 0 Å². The van der Waals surface area contributed by atoms with Crippen molar-refractivity contribution in [2.24, 2.45) is 0 Å². The van der Waals surface area contributed by atoms with Crippen molar-refractivity contribution in [3.63, 3.8) is 0 Å². The van der Waals surface area contributed by atoms with Gasteiger partial charge in [-0.25, -0.2) is 0 Å². The van der Waals surface area contributed by atoms with Crippen LogP contribution in [0.3, 0.4) is 0 Å². The van der Waals surface area contributed by atoms with E-state index in [2.05, 4.69) is 13.8 Å². The minimum absolute atomic E-state index is 0.189. The fraction of sp³-hybridized carbons (Fsp3) is 0.857. The Kier molecular flexibility index (Phi) is 19.5. The summed E-state index contributed by atoms with van der Waals surface area (Å²) in [6.45, 7) is 5.35. The van der Waals surface area contributed by atoms with Crippen molar-refractivity contribution in [2.45, 2.75) is 104 Å². The highest BCUT2D eigenvalue weighted by Gasteiger charge is 1.97. The molecule has 0 bridgehead atoms. The Bertz CT molecular complexity index is 287. The molecule has 0 atom stereocenters. The van der Waals surface area contributed by atoms with Gasteiger partial charge in [0.2, 0.25) is 0 Å². The van der Waals surface area contributed by atoms with Crippen LogP contribution < -0.4 is 0 Å². The largest absolute Gasteiger partial charge is 0.464 e. The zero-order chi connectivity index (χ0) is 17.7. The van der Waals surface area contributed by atoms with Gasteiger partial charge < -0.3 is 9.47 Å². The first-order valence-electron chi connectivity index (χ1n) is 10.2. The van der Waals surface area contributed by atoms with Crippen LogP contribution in [0.1, 0.15) is 104 Å². The predicted octanol–water partition coefficient (Wildman–Crippen LogP) is 6.56. The van der Waals surface area contributed by atoms with Gasteiger partial charge >= 0.3 is 0 Å². The summed E-state index contributed by atoms with van der Waals surface area (Å²) in [5.41, 5.74) is 0. The molecule has 3 nitrogen and oxygen atoms in total. The topological polar surface area (TPSA) is 35.5 Å². The van der Waals surface area contributed by atoms with Gasteiger partial charge in [-0.3, -0.25) is 4.79 Å². The number of aldehydes is 1. The van der Waals surface area contributed by atoms with E-state index >= 15 is 0 Å². The Hall–Kier alpha value is -0.830. The average molecular weight is 341 g/mol. The Labute approximate surface area is 150 Å². The second-order valence-corrected chi connectivity index (χ2v) is 6.57. The number of hydrogen-bond donors (Lipinski definition) is 0. The van der Waals surface area contributed by atoms with Gasteiger partial charge in [-0.05, 0) is 25.3 Å². The van der Waals surface area contributed by atoms with E-state index in [1.54, 1.807) is 0 Å². The molecule has 0 saturated heterocycles. The highest BCUT2D eigenvalue weighted by atomic mass is 16.7. The Morgan fingerprint density at radius 3 is 1.88 bits per heavy atom. The molecule has 0 aliphatic rings. The lowest BCUT2D eigenvalue weighted by molar-refractivity contribution is -0.111. The van der Waals surface area contributed by atoms with Crippen LogP contribution >= 0.6 is 0 Å². The summed E-state index contributed by atoms with van der Waals surface area (Å²) < 4.78 is 10.7. The van der Waals surface area contributed by atoms with E-state index < -0.39 is 0 Å². The number of unbranched alkanes of at least 4 members (excludes halogenated alkanes) is 12. The standard InChI is InChI=1S/C21H40O3/c1-3-5-7-9-10-11-12-13-14-15-17-21(19-22)24-20-23-18-16-8-6-4-2/h17,19H,3-16,18,20H2,1-2H3/b21-17+. The Morgan fingerprint density at radius 2 is 1.29 bits per heavy atom. The molecule has 0 aromatic heterocycles. The third-order valence-corrected chi connectivity index (χ3v) is 4.22. The minimum Gasteiger partial charge on any atom is -0.464 e. The van der Waals surface area contributed by atoms with Gasteiger partial charge in [-0.15, -0.1) is 0 Å². The molecular formula is C21H40O3. The van der Waals surface area contributed by atoms with Crippen LogP contribution in [0, 0.1) is 0 Å². The molecular weight excluding hydrogens is 300 g/mol. The summed E-state index contributed by atoms with van der Waals surface area (Å²) in [5.74, 6) is 0.420. The van der Waals surface area contributed by atoms with Gasteiger partial charge in [0, 0.05) is 0 Å². The maximum atomic E-state index is 11.0. The molecule has 0 aromatic rings. The zero-order valence-electron chi connectivity index (χ0n) is 16.2. The molecule has 0 heterocycles. The molecule has 3 heteroatoms. The second kappa shape index (κ2) is 20.2. The van der Waals surface area contributed by atoms with Crippen molar-refractivity contribution in [1.82, 2.24) is 0 Å². The smallest absolute Gasteiger partial charge is 0.189 e. The van der Waals surface area contributed by atoms with Crippen LogP contribution in [0.4, 0.5) is 0 Å². The highest BCUT2D eigenvalue weighted by Crippen LogP contribution is 2.11. The minimum atomic E-state index is 0.189. The first-order chi connectivity index (χ1) is 11.8. The lowest BCUT2D eigenvalue weighted by Crippen LogP contribution is -2.02. The number of rotatable bonds is 19. The lowest BCUT2D eigenvalue weighted by Gasteiger charge is -2.06. The number of allylic oxidation sites excluding steroid dienone is 2. The number of hydrogen-bond acceptors (Lipinski definition) is 3. The van der Waals surface area contributed by atoms with E-state index in [1.807, 2.05) is 6.08 Å². The predicted molar refractivity (Wildman–Crippen MR) is 102 cm³/mol. The summed E-state index contributed by atoms with van der Waals surface area (Å²) in [7, 11) is 0. The summed E-state index contributed by atoms with van der Waals surface area (Å²) in [6, 6.07) is 0. The molecule has 0 fully saturated rings. The molecule has 0 radical (unpaired) electrons. The molecule has 0 aliphatic carbocycles. The summed E-state index contributed by atoms with van der Waals surface area (Å²) in [6.07, 6.45) is 20.2. The van der Waals surface area contributed by atoms with Crippen molar-refractivity contribution < 1.29 is 14.3 Å². The van der Waals surface area contributed by atoms with Crippen molar-refractivity contribution >= 4 is 6.29 Å². The summed E-state index contributed by atoms with van der Waals surface area (Å²) in [4.78, 5) is 11.0. The monoisotopic (exact) mass is 340 g/mol. The van der Waals surface area contributed by atoms with Crippen LogP contribution in [0.5, 0.6) is 0 Å². The Balaban J connectivity index is 3.42. The number of ether oxygens (including phenoxy) is 2. The van der Waals surface area contributed by atoms with Gasteiger partial charge in [0.15, 0.2) is 18.8 Å². The van der Waals surface area contributed by atoms with Crippen LogP contribution in [-0.4, -0.2) is 19.7 Å². The SMILES string of the molecule is CCCCCCCCCCC/C=C(\C=O)OCOCCCCCC. The van der Waals surface area contributed by atoms with Gasteiger partial charge in [-0.1, -0.05) is 84.5 Å². The molecule has 0 rings (SSSR count). The normalized spacial score (nSPS) is 11.7. The molecule has 142 valence electrons. The molecule has 0 spiro atoms. The number of carbonyl (C=O) groups excluding carboxylic acids is 1. The fourth-order valence-corrected chi connectivity index (χ4v) is 2.64. The van der Waals surface area contributed by atoms with Crippen LogP contribution in [0.2, 0.25) is 0 Å². The molecule has 0 aliphatic heterocycles. The third-order valence-electron chi connectivity index (χ3n) is 4.22. The maximum Gasteiger partial charge on any atom is 0.189 e. The molecule has 0 amide bonds. The fourth-order valence-electron chi connectivity index (χ4n) is 2.64. The van der Waals surface area contributed by atoms with Crippen LogP contribution in [0.15, 0.2) is 11.8 Å². The van der Waals surface area contributed by atoms with Crippen molar-refractivity contribution in [2.75, 3.05) is 13.4 Å². The van der Waals surface area contributed by atoms with Crippen molar-refractivity contribution in [1.29, 1.82) is 0 Å². The van der Waals surface area contributed by atoms with E-state index in [0.29, 0.717) is 12.4 Å². The van der Waals surface area contributed by atoms with E-state index in [4.69, 9.17) is 9.47 Å². The van der Waals surface area contributed by atoms with Gasteiger partial charge in [0.25, 0.3) is 0 Å². The summed E-state index contributed by atoms with van der Waals surface area (Å²) >= 11 is 0. The van der Waals surface area contributed by atoms with Crippen LogP contribution in [-0.2, 0) is 14.3 Å². The molecule has 24 heavy (non-hydrogen) atoms. The zero-order valence-corrected chi connectivity index (χ0v) is 16.2. The Morgan fingerprint density at radius 1 is 0.750 bits per heavy atom. The lowest BCUT2D eigenvalue weighted by atomic mass is 10.1. The molecule has 0 unspecified atom stereocenters. The quantitative estimate of drug-likeness (QED) is 0.0878. The van der Waals surface area contributed by atoms with Crippen molar-refractivity contribution in [3.05, 3.63) is 11.8 Å². The number of carbonyl (C=O) groups is 1. The first-order valence-corrected chi connectivity index (χ1v) is 10.2. The second-order valence-electron chi connectivity index (χ2n) is 6.57. The maximum absolute atomic E-state index is 11.0. The molecule has 0 aromatic carbocycles. The average Bonchev–Trinajstić information content (AvgIpc) is 2.60. The third kappa shape index (κ3) is 17.5. The summed E-state index contributed by atoms with van der Waals surface area (Å²) in [5, 5.41) is 0.